The van der Waals surface area contributed by atoms with E-state index >= 15 is 0 Å². The van der Waals surface area contributed by atoms with Crippen LogP contribution in [0.4, 0.5) is 5.69 Å². The van der Waals surface area contributed by atoms with Crippen molar-refractivity contribution < 1.29 is 19.5 Å². The summed E-state index contributed by atoms with van der Waals surface area (Å²) in [5, 5.41) is 9.13. The van der Waals surface area contributed by atoms with Crippen LogP contribution in [0.15, 0.2) is 29.2 Å². The van der Waals surface area contributed by atoms with Crippen molar-refractivity contribution >= 4 is 57.3 Å². The molecule has 3 rings (SSSR count). The number of fused-ring (bicyclic) bond motifs is 1. The van der Waals surface area contributed by atoms with E-state index in [4.69, 9.17) is 17.3 Å². The summed E-state index contributed by atoms with van der Waals surface area (Å²) >= 11 is 6.11. The maximum absolute atomic E-state index is 12.6. The summed E-state index contributed by atoms with van der Waals surface area (Å²) in [5.41, 5.74) is 1.65. The van der Waals surface area contributed by atoms with E-state index < -0.39 is 17.9 Å². The molecule has 1 N–H and O–H groups in total. The topological polar surface area (TPSA) is 77.9 Å². The second-order valence-electron chi connectivity index (χ2n) is 5.14. The Kier molecular flexibility index (Phi) is 3.73. The van der Waals surface area contributed by atoms with Gasteiger partial charge in [0.1, 0.15) is 10.4 Å². The van der Waals surface area contributed by atoms with Gasteiger partial charge in [0.05, 0.1) is 16.2 Å². The van der Waals surface area contributed by atoms with Crippen LogP contribution < -0.4 is 4.90 Å². The van der Waals surface area contributed by atoms with Gasteiger partial charge in [0, 0.05) is 12.6 Å². The van der Waals surface area contributed by atoms with Gasteiger partial charge in [0.25, 0.3) is 11.8 Å². The van der Waals surface area contributed by atoms with Crippen LogP contribution in [-0.2, 0) is 14.4 Å². The third-order valence-electron chi connectivity index (χ3n) is 3.82. The van der Waals surface area contributed by atoms with Crippen molar-refractivity contribution in [3.8, 4) is 0 Å². The largest absolute Gasteiger partial charge is 0.480 e. The summed E-state index contributed by atoms with van der Waals surface area (Å²) in [5.74, 6) is -1.99. The summed E-state index contributed by atoms with van der Waals surface area (Å²) in [6, 6.07) is 6.07. The minimum atomic E-state index is -1.15. The first-order valence-electron chi connectivity index (χ1n) is 6.74. The van der Waals surface area contributed by atoms with Crippen molar-refractivity contribution in [2.24, 2.45) is 0 Å². The zero-order chi connectivity index (χ0) is 16.9. The molecule has 118 valence electrons. The maximum atomic E-state index is 12.6. The Hall–Kier alpha value is -2.19. The molecule has 1 atom stereocenters. The molecule has 0 saturated carbocycles. The van der Waals surface area contributed by atoms with Crippen LogP contribution in [0.25, 0.3) is 5.57 Å². The number of para-hydroxylation sites is 1. The summed E-state index contributed by atoms with van der Waals surface area (Å²) in [6.07, 6.45) is 0. The summed E-state index contributed by atoms with van der Waals surface area (Å²) in [4.78, 5) is 39.0. The Morgan fingerprint density at radius 2 is 1.91 bits per heavy atom. The molecule has 2 aliphatic heterocycles. The minimum absolute atomic E-state index is 0.146. The molecule has 2 aliphatic rings. The predicted molar refractivity (Wildman–Crippen MR) is 90.9 cm³/mol. The van der Waals surface area contributed by atoms with Crippen LogP contribution in [0.2, 0.25) is 0 Å². The number of carbonyl (C=O) groups is 3. The second-order valence-corrected chi connectivity index (χ2v) is 6.79. The lowest BCUT2D eigenvalue weighted by atomic mass is 10.1. The minimum Gasteiger partial charge on any atom is -0.480 e. The molecule has 1 aromatic carbocycles. The zero-order valence-electron chi connectivity index (χ0n) is 12.3. The summed E-state index contributed by atoms with van der Waals surface area (Å²) < 4.78 is 0.146. The molecule has 6 nitrogen and oxygen atoms in total. The average molecular weight is 348 g/mol. The fourth-order valence-corrected chi connectivity index (χ4v) is 4.05. The first-order chi connectivity index (χ1) is 10.8. The molecule has 2 heterocycles. The van der Waals surface area contributed by atoms with E-state index in [2.05, 4.69) is 0 Å². The third-order valence-corrected chi connectivity index (χ3v) is 5.22. The number of carbonyl (C=O) groups excluding carboxylic acids is 2. The van der Waals surface area contributed by atoms with E-state index in [1.807, 2.05) is 6.07 Å². The van der Waals surface area contributed by atoms with Gasteiger partial charge in [-0.15, -0.1) is 0 Å². The lowest BCUT2D eigenvalue weighted by Crippen LogP contribution is -2.41. The van der Waals surface area contributed by atoms with Crippen LogP contribution in [0.1, 0.15) is 12.5 Å². The normalized spacial score (nSPS) is 21.9. The molecule has 1 aromatic rings. The fourth-order valence-electron chi connectivity index (χ4n) is 2.56. The molecule has 0 aromatic heterocycles. The fraction of sp³-hybridized carbons (Fsp3) is 0.200. The number of likely N-dealkylation sites (N-methyl/N-ethyl adjacent to an activating group) is 1. The number of amides is 2. The van der Waals surface area contributed by atoms with Gasteiger partial charge < -0.3 is 10.0 Å². The predicted octanol–water partition coefficient (Wildman–Crippen LogP) is 1.71. The van der Waals surface area contributed by atoms with E-state index in [-0.39, 0.29) is 20.7 Å². The molecule has 1 fully saturated rings. The van der Waals surface area contributed by atoms with Crippen molar-refractivity contribution in [3.05, 3.63) is 34.7 Å². The molecule has 1 unspecified atom stereocenters. The highest BCUT2D eigenvalue weighted by atomic mass is 32.2. The SMILES string of the molecule is CC(C(=O)O)N1C(=O)C(=C2C(=O)N(C)c3ccccc32)SC1=S. The van der Waals surface area contributed by atoms with Gasteiger partial charge in [-0.2, -0.15) is 0 Å². The summed E-state index contributed by atoms with van der Waals surface area (Å²) in [6.45, 7) is 1.39. The van der Waals surface area contributed by atoms with Crippen molar-refractivity contribution in [2.45, 2.75) is 13.0 Å². The van der Waals surface area contributed by atoms with Crippen molar-refractivity contribution in [2.75, 3.05) is 11.9 Å². The highest BCUT2D eigenvalue weighted by Crippen LogP contribution is 2.44. The number of aliphatic carboxylic acids is 1. The quantitative estimate of drug-likeness (QED) is 0.648. The zero-order valence-corrected chi connectivity index (χ0v) is 13.9. The molecule has 2 amide bonds. The Morgan fingerprint density at radius 1 is 1.26 bits per heavy atom. The number of thioether (sulfide) groups is 1. The molecular weight excluding hydrogens is 336 g/mol. The van der Waals surface area contributed by atoms with Crippen LogP contribution in [0, 0.1) is 0 Å². The standard InChI is InChI=1S/C15H12N2O4S2/c1-7(14(20)21)17-13(19)11(23-15(17)22)10-8-5-3-4-6-9(8)16(2)12(10)18/h3-7H,1-2H3,(H,20,21). The van der Waals surface area contributed by atoms with Gasteiger partial charge in [-0.3, -0.25) is 14.5 Å². The highest BCUT2D eigenvalue weighted by Gasteiger charge is 2.43. The average Bonchev–Trinajstić information content (AvgIpc) is 2.94. The molecule has 0 aliphatic carbocycles. The molecule has 23 heavy (non-hydrogen) atoms. The number of carboxylic acid groups (broad SMARTS) is 1. The van der Waals surface area contributed by atoms with E-state index in [0.29, 0.717) is 11.3 Å². The Labute approximate surface area is 141 Å². The Balaban J connectivity index is 2.14. The third kappa shape index (κ3) is 2.25. The van der Waals surface area contributed by atoms with Gasteiger partial charge in [-0.1, -0.05) is 42.2 Å². The van der Waals surface area contributed by atoms with Crippen molar-refractivity contribution in [3.63, 3.8) is 0 Å². The number of hydrogen-bond donors (Lipinski definition) is 1. The first kappa shape index (κ1) is 15.7. The lowest BCUT2D eigenvalue weighted by molar-refractivity contribution is -0.144. The van der Waals surface area contributed by atoms with Crippen LogP contribution in [0.5, 0.6) is 0 Å². The van der Waals surface area contributed by atoms with E-state index in [1.165, 1.54) is 11.8 Å². The number of carboxylic acids is 1. The Morgan fingerprint density at radius 3 is 2.57 bits per heavy atom. The number of hydrogen-bond acceptors (Lipinski definition) is 5. The molecule has 0 spiro atoms. The number of rotatable bonds is 2. The van der Waals surface area contributed by atoms with Crippen LogP contribution >= 0.6 is 24.0 Å². The molecule has 0 bridgehead atoms. The maximum Gasteiger partial charge on any atom is 0.326 e. The molecular formula is C15H12N2O4S2. The molecule has 0 radical (unpaired) electrons. The van der Waals surface area contributed by atoms with Gasteiger partial charge in [-0.25, -0.2) is 4.79 Å². The Bertz CT molecular complexity index is 802. The lowest BCUT2D eigenvalue weighted by Gasteiger charge is -2.18. The number of thiocarbonyl (C=S) groups is 1. The molecule has 1 saturated heterocycles. The highest BCUT2D eigenvalue weighted by molar-refractivity contribution is 8.26. The van der Waals surface area contributed by atoms with Gasteiger partial charge in [-0.05, 0) is 13.0 Å². The van der Waals surface area contributed by atoms with E-state index in [1.54, 1.807) is 25.2 Å². The second kappa shape index (κ2) is 5.47. The first-order valence-corrected chi connectivity index (χ1v) is 7.97. The van der Waals surface area contributed by atoms with Crippen LogP contribution in [-0.4, -0.2) is 45.2 Å². The van der Waals surface area contributed by atoms with E-state index in [9.17, 15) is 14.4 Å². The smallest absolute Gasteiger partial charge is 0.326 e. The van der Waals surface area contributed by atoms with Crippen molar-refractivity contribution in [1.82, 2.24) is 4.90 Å². The summed E-state index contributed by atoms with van der Waals surface area (Å²) in [7, 11) is 1.63. The van der Waals surface area contributed by atoms with Gasteiger partial charge in [0.15, 0.2) is 0 Å². The number of anilines is 1. The molecule has 8 heteroatoms. The van der Waals surface area contributed by atoms with Crippen LogP contribution in [0.3, 0.4) is 0 Å². The number of nitrogens with zero attached hydrogens (tertiary/aromatic N) is 2. The van der Waals surface area contributed by atoms with E-state index in [0.717, 1.165) is 16.7 Å². The van der Waals surface area contributed by atoms with Gasteiger partial charge in [0.2, 0.25) is 0 Å². The monoisotopic (exact) mass is 348 g/mol. The van der Waals surface area contributed by atoms with Gasteiger partial charge >= 0.3 is 5.97 Å². The van der Waals surface area contributed by atoms with Crippen molar-refractivity contribution in [1.29, 1.82) is 0 Å². The number of benzene rings is 1.